The zero-order valence-electron chi connectivity index (χ0n) is 12.2. The van der Waals surface area contributed by atoms with Gasteiger partial charge in [-0.1, -0.05) is 42.5 Å². The van der Waals surface area contributed by atoms with E-state index in [1.165, 1.54) is 0 Å². The van der Waals surface area contributed by atoms with Crippen LogP contribution in [-0.4, -0.2) is 17.2 Å². The van der Waals surface area contributed by atoms with E-state index in [0.29, 0.717) is 0 Å². The molecule has 0 saturated carbocycles. The maximum Gasteiger partial charge on any atom is 0.143 e. The minimum Gasteiger partial charge on any atom is -0.497 e. The minimum atomic E-state index is -1.17. The largest absolute Gasteiger partial charge is 0.497 e. The monoisotopic (exact) mass is 289 g/mol. The third-order valence-electron chi connectivity index (χ3n) is 4.28. The van der Waals surface area contributed by atoms with E-state index in [1.54, 1.807) is 13.3 Å². The van der Waals surface area contributed by atoms with Gasteiger partial charge >= 0.3 is 0 Å². The molecule has 1 unspecified atom stereocenters. The van der Waals surface area contributed by atoms with E-state index in [0.717, 1.165) is 33.7 Å². The van der Waals surface area contributed by atoms with Crippen molar-refractivity contribution in [1.29, 1.82) is 0 Å². The first-order valence-corrected chi connectivity index (χ1v) is 7.17. The van der Waals surface area contributed by atoms with Gasteiger partial charge in [0.15, 0.2) is 0 Å². The highest BCUT2D eigenvalue weighted by atomic mass is 16.5. The van der Waals surface area contributed by atoms with E-state index in [9.17, 15) is 5.11 Å². The maximum atomic E-state index is 11.5. The number of aromatic nitrogens is 1. The van der Waals surface area contributed by atoms with Crippen molar-refractivity contribution >= 4 is 0 Å². The molecule has 3 heteroatoms. The van der Waals surface area contributed by atoms with E-state index in [4.69, 9.17) is 4.74 Å². The fourth-order valence-corrected chi connectivity index (χ4v) is 3.21. The Morgan fingerprint density at radius 3 is 2.41 bits per heavy atom. The lowest BCUT2D eigenvalue weighted by Gasteiger charge is -2.26. The number of pyridine rings is 1. The Balaban J connectivity index is 2.00. The van der Waals surface area contributed by atoms with Gasteiger partial charge in [-0.15, -0.1) is 0 Å². The lowest BCUT2D eigenvalue weighted by molar-refractivity contribution is 0.130. The molecule has 1 atom stereocenters. The molecule has 1 N–H and O–H groups in total. The van der Waals surface area contributed by atoms with E-state index in [2.05, 4.69) is 4.98 Å². The van der Waals surface area contributed by atoms with Crippen LogP contribution in [0.4, 0.5) is 0 Å². The molecule has 0 amide bonds. The van der Waals surface area contributed by atoms with Crippen LogP contribution in [0.2, 0.25) is 0 Å². The highest BCUT2D eigenvalue weighted by molar-refractivity contribution is 5.79. The third kappa shape index (κ3) is 1.63. The van der Waals surface area contributed by atoms with E-state index >= 15 is 0 Å². The Kier molecular flexibility index (Phi) is 2.78. The van der Waals surface area contributed by atoms with E-state index < -0.39 is 5.60 Å². The first-order valence-electron chi connectivity index (χ1n) is 7.17. The predicted octanol–water partition coefficient (Wildman–Crippen LogP) is 3.35. The summed E-state index contributed by atoms with van der Waals surface area (Å²) in [6, 6.07) is 19.2. The molecule has 0 fully saturated rings. The van der Waals surface area contributed by atoms with Crippen LogP contribution in [-0.2, 0) is 5.60 Å². The lowest BCUT2D eigenvalue weighted by Crippen LogP contribution is -2.26. The zero-order valence-corrected chi connectivity index (χ0v) is 12.2. The highest BCUT2D eigenvalue weighted by Crippen LogP contribution is 2.49. The fourth-order valence-electron chi connectivity index (χ4n) is 3.21. The lowest BCUT2D eigenvalue weighted by atomic mass is 9.84. The summed E-state index contributed by atoms with van der Waals surface area (Å²) < 4.78 is 5.21. The van der Waals surface area contributed by atoms with Crippen LogP contribution in [0, 0.1) is 0 Å². The molecule has 0 bridgehead atoms. The number of aliphatic hydroxyl groups is 1. The van der Waals surface area contributed by atoms with Crippen LogP contribution in [0.1, 0.15) is 16.7 Å². The SMILES string of the molecule is COc1ccc(C2(O)c3ccccc3-c3ncccc32)cc1. The number of rotatable bonds is 2. The molecule has 22 heavy (non-hydrogen) atoms. The second-order valence-corrected chi connectivity index (χ2v) is 5.38. The second kappa shape index (κ2) is 4.68. The fraction of sp³-hybridized carbons (Fsp3) is 0.105. The second-order valence-electron chi connectivity index (χ2n) is 5.38. The molecule has 108 valence electrons. The summed E-state index contributed by atoms with van der Waals surface area (Å²) in [6.07, 6.45) is 1.76. The summed E-state index contributed by atoms with van der Waals surface area (Å²) in [7, 11) is 1.63. The van der Waals surface area contributed by atoms with Crippen LogP contribution in [0.15, 0.2) is 66.9 Å². The molecule has 0 saturated heterocycles. The van der Waals surface area contributed by atoms with Crippen molar-refractivity contribution in [2.75, 3.05) is 7.11 Å². The van der Waals surface area contributed by atoms with Crippen molar-refractivity contribution in [3.05, 3.63) is 83.6 Å². The normalized spacial score (nSPS) is 18.6. The Morgan fingerprint density at radius 2 is 1.64 bits per heavy atom. The Labute approximate surface area is 128 Å². The van der Waals surface area contributed by atoms with E-state index in [-0.39, 0.29) is 0 Å². The maximum absolute atomic E-state index is 11.5. The molecular formula is C19H15NO2. The van der Waals surface area contributed by atoms with Crippen LogP contribution >= 0.6 is 0 Å². The van der Waals surface area contributed by atoms with Gasteiger partial charge < -0.3 is 9.84 Å². The minimum absolute atomic E-state index is 0.769. The average Bonchev–Trinajstić information content (AvgIpc) is 2.86. The van der Waals surface area contributed by atoms with Gasteiger partial charge in [0.05, 0.1) is 12.8 Å². The third-order valence-corrected chi connectivity index (χ3v) is 4.28. The molecule has 2 aromatic carbocycles. The molecule has 3 aromatic rings. The number of fused-ring (bicyclic) bond motifs is 3. The number of ether oxygens (including phenoxy) is 1. The molecule has 1 aromatic heterocycles. The van der Waals surface area contributed by atoms with Gasteiger partial charge in [0.25, 0.3) is 0 Å². The molecule has 0 radical (unpaired) electrons. The standard InChI is InChI=1S/C19H15NO2/c1-22-14-10-8-13(9-11-14)19(21)16-6-3-2-5-15(16)18-17(19)7-4-12-20-18/h2-12,21H,1H3. The Morgan fingerprint density at radius 1 is 0.909 bits per heavy atom. The molecular weight excluding hydrogens is 274 g/mol. The van der Waals surface area contributed by atoms with Gasteiger partial charge in [0.1, 0.15) is 11.4 Å². The summed E-state index contributed by atoms with van der Waals surface area (Å²) >= 11 is 0. The summed E-state index contributed by atoms with van der Waals surface area (Å²) in [6.45, 7) is 0. The van der Waals surface area contributed by atoms with Crippen molar-refractivity contribution in [1.82, 2.24) is 4.98 Å². The Hall–Kier alpha value is -2.65. The topological polar surface area (TPSA) is 42.4 Å². The number of hydrogen-bond acceptors (Lipinski definition) is 3. The molecule has 1 aliphatic rings. The van der Waals surface area contributed by atoms with Gasteiger partial charge in [0.2, 0.25) is 0 Å². The Bertz CT molecular complexity index is 795. The van der Waals surface area contributed by atoms with Crippen LogP contribution in [0.25, 0.3) is 11.3 Å². The van der Waals surface area contributed by atoms with Crippen molar-refractivity contribution in [2.24, 2.45) is 0 Å². The molecule has 4 rings (SSSR count). The van der Waals surface area contributed by atoms with Crippen molar-refractivity contribution in [3.63, 3.8) is 0 Å². The number of benzene rings is 2. The summed E-state index contributed by atoms with van der Waals surface area (Å²) in [5, 5.41) is 11.5. The van der Waals surface area contributed by atoms with Gasteiger partial charge in [-0.2, -0.15) is 0 Å². The van der Waals surface area contributed by atoms with Crippen LogP contribution < -0.4 is 4.74 Å². The predicted molar refractivity (Wildman–Crippen MR) is 84.8 cm³/mol. The van der Waals surface area contributed by atoms with Gasteiger partial charge in [-0.3, -0.25) is 4.98 Å². The molecule has 0 spiro atoms. The van der Waals surface area contributed by atoms with E-state index in [1.807, 2.05) is 60.7 Å². The van der Waals surface area contributed by atoms with Crippen molar-refractivity contribution in [2.45, 2.75) is 5.60 Å². The average molecular weight is 289 g/mol. The van der Waals surface area contributed by atoms with Gasteiger partial charge in [-0.25, -0.2) is 0 Å². The first-order chi connectivity index (χ1) is 10.7. The first kappa shape index (κ1) is 13.0. The van der Waals surface area contributed by atoms with Crippen LogP contribution in [0.3, 0.4) is 0 Å². The quantitative estimate of drug-likeness (QED) is 0.786. The van der Waals surface area contributed by atoms with Crippen LogP contribution in [0.5, 0.6) is 5.75 Å². The molecule has 1 aliphatic carbocycles. The molecule has 3 nitrogen and oxygen atoms in total. The molecule has 0 aliphatic heterocycles. The van der Waals surface area contributed by atoms with Gasteiger partial charge in [-0.05, 0) is 23.8 Å². The zero-order chi connectivity index (χ0) is 15.2. The molecule has 1 heterocycles. The smallest absolute Gasteiger partial charge is 0.143 e. The van der Waals surface area contributed by atoms with Gasteiger partial charge in [0, 0.05) is 22.9 Å². The number of hydrogen-bond donors (Lipinski definition) is 1. The summed E-state index contributed by atoms with van der Waals surface area (Å²) in [4.78, 5) is 4.47. The van der Waals surface area contributed by atoms with Crippen molar-refractivity contribution in [3.8, 4) is 17.0 Å². The van der Waals surface area contributed by atoms with Crippen molar-refractivity contribution < 1.29 is 9.84 Å². The number of methoxy groups -OCH3 is 1. The number of nitrogens with zero attached hydrogens (tertiary/aromatic N) is 1. The summed E-state index contributed by atoms with van der Waals surface area (Å²) in [5.74, 6) is 0.769. The highest BCUT2D eigenvalue weighted by Gasteiger charge is 2.43. The summed E-state index contributed by atoms with van der Waals surface area (Å²) in [5.41, 5.74) is 3.16.